The topological polar surface area (TPSA) is 82.8 Å². The standard InChI is InChI=1S/C24H19F5N2O4/c25-17-6-4-15(10-14(17)11-33-12-30)31-23(32)20-18(7-5-16(21(20)26)24(27,28)29)35-19-3-1-2-13-8-9-34-22(13)19/h1-7,10H,8-9,11-12,30H2,(H,31,32). The monoisotopic (exact) mass is 494 g/mol. The maximum absolute atomic E-state index is 15.1. The summed E-state index contributed by atoms with van der Waals surface area (Å²) in [5.41, 5.74) is 3.46. The maximum Gasteiger partial charge on any atom is 0.419 e. The Morgan fingerprint density at radius 2 is 1.89 bits per heavy atom. The van der Waals surface area contributed by atoms with Crippen molar-refractivity contribution in [2.45, 2.75) is 19.2 Å². The summed E-state index contributed by atoms with van der Waals surface area (Å²) < 4.78 is 85.3. The van der Waals surface area contributed by atoms with Crippen LogP contribution >= 0.6 is 0 Å². The van der Waals surface area contributed by atoms with Crippen LogP contribution in [0.4, 0.5) is 27.6 Å². The van der Waals surface area contributed by atoms with Crippen molar-refractivity contribution in [1.82, 2.24) is 0 Å². The van der Waals surface area contributed by atoms with E-state index in [-0.39, 0.29) is 30.3 Å². The van der Waals surface area contributed by atoms with Gasteiger partial charge in [0.2, 0.25) is 0 Å². The first-order valence-corrected chi connectivity index (χ1v) is 10.4. The average molecular weight is 494 g/mol. The largest absolute Gasteiger partial charge is 0.489 e. The number of benzene rings is 3. The van der Waals surface area contributed by atoms with Gasteiger partial charge in [-0.05, 0) is 36.4 Å². The fourth-order valence-corrected chi connectivity index (χ4v) is 3.58. The third kappa shape index (κ3) is 5.20. The molecule has 0 aromatic heterocycles. The number of alkyl halides is 3. The summed E-state index contributed by atoms with van der Waals surface area (Å²) in [6, 6.07) is 9.67. The van der Waals surface area contributed by atoms with Gasteiger partial charge in [0, 0.05) is 23.2 Å². The Labute approximate surface area is 196 Å². The summed E-state index contributed by atoms with van der Waals surface area (Å²) in [6.45, 7) is -0.0122. The number of halogens is 5. The molecule has 35 heavy (non-hydrogen) atoms. The van der Waals surface area contributed by atoms with Gasteiger partial charge in [-0.2, -0.15) is 13.2 Å². The lowest BCUT2D eigenvalue weighted by molar-refractivity contribution is -0.140. The molecular weight excluding hydrogens is 475 g/mol. The molecule has 1 aliphatic rings. The lowest BCUT2D eigenvalue weighted by atomic mass is 10.1. The smallest absolute Gasteiger partial charge is 0.419 e. The van der Waals surface area contributed by atoms with Crippen molar-refractivity contribution in [2.24, 2.45) is 5.73 Å². The molecule has 0 unspecified atom stereocenters. The molecule has 0 bridgehead atoms. The zero-order valence-electron chi connectivity index (χ0n) is 18.0. The molecule has 0 atom stereocenters. The van der Waals surface area contributed by atoms with Crippen LogP contribution < -0.4 is 20.5 Å². The Balaban J connectivity index is 1.72. The van der Waals surface area contributed by atoms with E-state index in [0.717, 1.165) is 17.7 Å². The van der Waals surface area contributed by atoms with E-state index in [4.69, 9.17) is 19.9 Å². The summed E-state index contributed by atoms with van der Waals surface area (Å²) in [5.74, 6) is -3.66. The number of anilines is 1. The number of carbonyl (C=O) groups excluding carboxylic acids is 1. The molecule has 0 saturated carbocycles. The minimum Gasteiger partial charge on any atom is -0.489 e. The van der Waals surface area contributed by atoms with E-state index in [1.165, 1.54) is 18.2 Å². The number of hydrogen-bond donors (Lipinski definition) is 2. The second-order valence-electron chi connectivity index (χ2n) is 7.52. The van der Waals surface area contributed by atoms with Crippen LogP contribution in [0.5, 0.6) is 17.2 Å². The Kier molecular flexibility index (Phi) is 6.90. The maximum atomic E-state index is 15.1. The van der Waals surface area contributed by atoms with Crippen molar-refractivity contribution < 1.29 is 41.0 Å². The van der Waals surface area contributed by atoms with Crippen molar-refractivity contribution in [2.75, 3.05) is 18.7 Å². The van der Waals surface area contributed by atoms with Gasteiger partial charge < -0.3 is 25.3 Å². The third-order valence-corrected chi connectivity index (χ3v) is 5.21. The van der Waals surface area contributed by atoms with Crippen molar-refractivity contribution in [3.63, 3.8) is 0 Å². The number of nitrogens with one attached hydrogen (secondary N) is 1. The van der Waals surface area contributed by atoms with Crippen LogP contribution in [0.25, 0.3) is 0 Å². The fourth-order valence-electron chi connectivity index (χ4n) is 3.58. The molecular formula is C24H19F5N2O4. The predicted octanol–water partition coefficient (Wildman–Crippen LogP) is 5.40. The first-order chi connectivity index (χ1) is 16.7. The molecule has 6 nitrogen and oxygen atoms in total. The van der Waals surface area contributed by atoms with Gasteiger partial charge in [0.1, 0.15) is 17.1 Å². The van der Waals surface area contributed by atoms with Gasteiger partial charge in [0.15, 0.2) is 17.3 Å². The predicted molar refractivity (Wildman–Crippen MR) is 115 cm³/mol. The van der Waals surface area contributed by atoms with Gasteiger partial charge in [-0.25, -0.2) is 8.78 Å². The molecule has 0 radical (unpaired) electrons. The average Bonchev–Trinajstić information content (AvgIpc) is 3.28. The van der Waals surface area contributed by atoms with Gasteiger partial charge in [-0.3, -0.25) is 4.79 Å². The van der Waals surface area contributed by atoms with E-state index in [1.54, 1.807) is 12.1 Å². The van der Waals surface area contributed by atoms with Crippen LogP contribution in [0.2, 0.25) is 0 Å². The molecule has 1 heterocycles. The molecule has 4 rings (SSSR count). The lowest BCUT2D eigenvalue weighted by Crippen LogP contribution is -2.19. The highest BCUT2D eigenvalue weighted by Crippen LogP contribution is 2.41. The Bertz CT molecular complexity index is 1260. The van der Waals surface area contributed by atoms with Crippen LogP contribution in [0.1, 0.15) is 27.0 Å². The van der Waals surface area contributed by atoms with Gasteiger partial charge in [-0.15, -0.1) is 0 Å². The summed E-state index contributed by atoms with van der Waals surface area (Å²) >= 11 is 0. The zero-order chi connectivity index (χ0) is 25.2. The number of ether oxygens (including phenoxy) is 3. The number of amides is 1. The summed E-state index contributed by atoms with van der Waals surface area (Å²) in [5, 5.41) is 2.29. The molecule has 1 amide bonds. The number of hydrogen-bond acceptors (Lipinski definition) is 5. The Morgan fingerprint density at radius 3 is 2.63 bits per heavy atom. The van der Waals surface area contributed by atoms with E-state index in [1.807, 2.05) is 0 Å². The quantitative estimate of drug-likeness (QED) is 0.340. The highest BCUT2D eigenvalue weighted by molar-refractivity contribution is 6.06. The van der Waals surface area contributed by atoms with Crippen molar-refractivity contribution in [3.8, 4) is 17.2 Å². The minimum absolute atomic E-state index is 0.00119. The molecule has 3 aromatic rings. The second-order valence-corrected chi connectivity index (χ2v) is 7.52. The SMILES string of the molecule is NCOCc1cc(NC(=O)c2c(Oc3cccc4c3OCC4)ccc(C(F)(F)F)c2F)ccc1F. The first-order valence-electron chi connectivity index (χ1n) is 10.4. The normalized spacial score (nSPS) is 12.7. The van der Waals surface area contributed by atoms with E-state index in [9.17, 15) is 22.4 Å². The highest BCUT2D eigenvalue weighted by atomic mass is 19.4. The van der Waals surface area contributed by atoms with E-state index >= 15 is 4.39 Å². The highest BCUT2D eigenvalue weighted by Gasteiger charge is 2.37. The van der Waals surface area contributed by atoms with Crippen LogP contribution in [-0.4, -0.2) is 19.2 Å². The van der Waals surface area contributed by atoms with Crippen molar-refractivity contribution >= 4 is 11.6 Å². The van der Waals surface area contributed by atoms with Gasteiger partial charge >= 0.3 is 6.18 Å². The number of carbonyl (C=O) groups is 1. The van der Waals surface area contributed by atoms with Crippen LogP contribution in [-0.2, 0) is 23.9 Å². The van der Waals surface area contributed by atoms with Crippen LogP contribution in [0, 0.1) is 11.6 Å². The molecule has 3 N–H and O–H groups in total. The zero-order valence-corrected chi connectivity index (χ0v) is 18.0. The molecule has 3 aromatic carbocycles. The minimum atomic E-state index is -5.06. The lowest BCUT2D eigenvalue weighted by Gasteiger charge is -2.17. The summed E-state index contributed by atoms with van der Waals surface area (Å²) in [6.07, 6.45) is -4.46. The summed E-state index contributed by atoms with van der Waals surface area (Å²) in [4.78, 5) is 13.0. The van der Waals surface area contributed by atoms with Crippen molar-refractivity contribution in [3.05, 3.63) is 82.4 Å². The number of fused-ring (bicyclic) bond motifs is 1. The number of para-hydroxylation sites is 1. The van der Waals surface area contributed by atoms with Gasteiger partial charge in [0.25, 0.3) is 5.91 Å². The molecule has 1 aliphatic heterocycles. The third-order valence-electron chi connectivity index (χ3n) is 5.21. The Morgan fingerprint density at radius 1 is 1.09 bits per heavy atom. The molecule has 0 fully saturated rings. The molecule has 184 valence electrons. The Hall–Kier alpha value is -3.70. The van der Waals surface area contributed by atoms with Crippen LogP contribution in [0.3, 0.4) is 0 Å². The first kappa shape index (κ1) is 24.4. The van der Waals surface area contributed by atoms with Gasteiger partial charge in [0.05, 0.1) is 25.5 Å². The van der Waals surface area contributed by atoms with E-state index in [2.05, 4.69) is 5.32 Å². The molecule has 0 saturated heterocycles. The molecule has 11 heteroatoms. The number of rotatable bonds is 7. The van der Waals surface area contributed by atoms with E-state index in [0.29, 0.717) is 24.8 Å². The van der Waals surface area contributed by atoms with Crippen molar-refractivity contribution in [1.29, 1.82) is 0 Å². The molecule has 0 aliphatic carbocycles. The second kappa shape index (κ2) is 9.88. The molecule has 0 spiro atoms. The summed E-state index contributed by atoms with van der Waals surface area (Å²) in [7, 11) is 0. The number of nitrogens with two attached hydrogens (primary N) is 1. The van der Waals surface area contributed by atoms with E-state index < -0.39 is 40.6 Å². The van der Waals surface area contributed by atoms with Gasteiger partial charge in [-0.1, -0.05) is 12.1 Å². The fraction of sp³-hybridized carbons (Fsp3) is 0.208. The van der Waals surface area contributed by atoms with Crippen LogP contribution in [0.15, 0.2) is 48.5 Å².